The average molecular weight is 126 g/mol. The van der Waals surface area contributed by atoms with Crippen LogP contribution in [0.2, 0.25) is 0 Å². The van der Waals surface area contributed by atoms with Crippen LogP contribution in [0, 0.1) is 0 Å². The van der Waals surface area contributed by atoms with Crippen LogP contribution in [0.3, 0.4) is 0 Å². The van der Waals surface area contributed by atoms with Gasteiger partial charge in [0.25, 0.3) is 0 Å². The first-order chi connectivity index (χ1) is 2.83. The van der Waals surface area contributed by atoms with E-state index in [1.165, 1.54) is 0 Å². The molecule has 0 aromatic rings. The van der Waals surface area contributed by atoms with E-state index in [0.29, 0.717) is 0 Å². The SMILES string of the molecule is CCO.CCO.P. The molecule has 48 valence electrons. The summed E-state index contributed by atoms with van der Waals surface area (Å²) < 4.78 is 0. The lowest BCUT2D eigenvalue weighted by atomic mass is 10.9. The van der Waals surface area contributed by atoms with E-state index >= 15 is 0 Å². The summed E-state index contributed by atoms with van der Waals surface area (Å²) in [5.74, 6) is 0. The summed E-state index contributed by atoms with van der Waals surface area (Å²) in [6.45, 7) is 3.86. The van der Waals surface area contributed by atoms with Crippen LogP contribution in [0.25, 0.3) is 0 Å². The van der Waals surface area contributed by atoms with Gasteiger partial charge in [-0.1, -0.05) is 0 Å². The molecule has 1 unspecified atom stereocenters. The second-order valence-electron chi connectivity index (χ2n) is 0.632. The highest BCUT2D eigenvalue weighted by molar-refractivity contribution is 6.92. The van der Waals surface area contributed by atoms with Gasteiger partial charge in [0.2, 0.25) is 0 Å². The Morgan fingerprint density at radius 2 is 1.00 bits per heavy atom. The van der Waals surface area contributed by atoms with Crippen molar-refractivity contribution in [1.82, 2.24) is 0 Å². The van der Waals surface area contributed by atoms with Gasteiger partial charge in [-0.25, -0.2) is 0 Å². The first kappa shape index (κ1) is 15.7. The summed E-state index contributed by atoms with van der Waals surface area (Å²) in [6.07, 6.45) is 0. The van der Waals surface area contributed by atoms with E-state index in [4.69, 9.17) is 10.2 Å². The van der Waals surface area contributed by atoms with Crippen molar-refractivity contribution in [3.05, 3.63) is 0 Å². The van der Waals surface area contributed by atoms with E-state index in [0.717, 1.165) is 0 Å². The zero-order valence-electron chi connectivity index (χ0n) is 5.02. The van der Waals surface area contributed by atoms with E-state index in [2.05, 4.69) is 0 Å². The van der Waals surface area contributed by atoms with Crippen molar-refractivity contribution in [2.75, 3.05) is 13.2 Å². The van der Waals surface area contributed by atoms with Gasteiger partial charge in [0.05, 0.1) is 0 Å². The number of hydrogen-bond acceptors (Lipinski definition) is 2. The Kier molecular flexibility index (Phi) is 73.6. The molecule has 1 atom stereocenters. The minimum Gasteiger partial charge on any atom is -0.397 e. The van der Waals surface area contributed by atoms with Gasteiger partial charge in [0, 0.05) is 13.2 Å². The molecule has 0 fully saturated rings. The van der Waals surface area contributed by atoms with Gasteiger partial charge in [0.1, 0.15) is 0 Å². The molecule has 0 aromatic heterocycles. The number of aliphatic hydroxyl groups excluding tert-OH is 2. The molecular formula is C4H15O2P. The fourth-order valence-electron chi connectivity index (χ4n) is 0. The van der Waals surface area contributed by atoms with Crippen molar-refractivity contribution in [3.8, 4) is 0 Å². The predicted octanol–water partition coefficient (Wildman–Crippen LogP) is 0.0553. The third kappa shape index (κ3) is 981. The van der Waals surface area contributed by atoms with Crippen LogP contribution in [0.1, 0.15) is 13.8 Å². The quantitative estimate of drug-likeness (QED) is 0.450. The maximum Gasteiger partial charge on any atom is 0.0402 e. The molecule has 0 aliphatic rings. The van der Waals surface area contributed by atoms with Gasteiger partial charge in [-0.3, -0.25) is 0 Å². The lowest BCUT2D eigenvalue weighted by Crippen LogP contribution is -1.57. The van der Waals surface area contributed by atoms with E-state index in [1.54, 1.807) is 13.8 Å². The minimum absolute atomic E-state index is 0. The Morgan fingerprint density at radius 3 is 1.00 bits per heavy atom. The molecule has 0 aromatic carbocycles. The van der Waals surface area contributed by atoms with Crippen molar-refractivity contribution in [3.63, 3.8) is 0 Å². The van der Waals surface area contributed by atoms with Crippen LogP contribution in [-0.4, -0.2) is 23.4 Å². The molecule has 0 saturated carbocycles. The lowest BCUT2D eigenvalue weighted by Gasteiger charge is -1.52. The Morgan fingerprint density at radius 1 is 1.00 bits per heavy atom. The van der Waals surface area contributed by atoms with E-state index in [9.17, 15) is 0 Å². The zero-order chi connectivity index (χ0) is 5.41. The standard InChI is InChI=1S/2C2H6O.H3P/c2*1-2-3;/h2*3H,2H2,1H3;1H3. The van der Waals surface area contributed by atoms with Gasteiger partial charge < -0.3 is 10.2 Å². The summed E-state index contributed by atoms with van der Waals surface area (Å²) in [4.78, 5) is 0. The third-order valence-corrected chi connectivity index (χ3v) is 0. The monoisotopic (exact) mass is 126 g/mol. The zero-order valence-corrected chi connectivity index (χ0v) is 6.43. The molecule has 0 spiro atoms. The van der Waals surface area contributed by atoms with Crippen molar-refractivity contribution >= 4 is 9.90 Å². The normalized spacial score (nSPS) is 5.14. The van der Waals surface area contributed by atoms with E-state index < -0.39 is 0 Å². The van der Waals surface area contributed by atoms with Crippen molar-refractivity contribution < 1.29 is 10.2 Å². The minimum atomic E-state index is 0. The van der Waals surface area contributed by atoms with Crippen LogP contribution in [0.4, 0.5) is 0 Å². The van der Waals surface area contributed by atoms with Gasteiger partial charge in [0.15, 0.2) is 0 Å². The molecule has 0 amide bonds. The molecule has 0 rings (SSSR count). The van der Waals surface area contributed by atoms with E-state index in [1.807, 2.05) is 0 Å². The van der Waals surface area contributed by atoms with Crippen LogP contribution in [0.5, 0.6) is 0 Å². The Hall–Kier alpha value is 0.350. The van der Waals surface area contributed by atoms with Gasteiger partial charge >= 0.3 is 0 Å². The fraction of sp³-hybridized carbons (Fsp3) is 1.00. The highest BCUT2D eigenvalue weighted by Gasteiger charge is 1.34. The third-order valence-electron chi connectivity index (χ3n) is 0. The second kappa shape index (κ2) is 32.9. The Bertz CT molecular complexity index is 11.7. The largest absolute Gasteiger partial charge is 0.397 e. The number of aliphatic hydroxyl groups is 2. The van der Waals surface area contributed by atoms with Crippen LogP contribution in [-0.2, 0) is 0 Å². The lowest BCUT2D eigenvalue weighted by molar-refractivity contribution is 0.318. The molecule has 3 heteroatoms. The second-order valence-corrected chi connectivity index (χ2v) is 0.632. The summed E-state index contributed by atoms with van der Waals surface area (Å²) in [5, 5.41) is 15.1. The summed E-state index contributed by atoms with van der Waals surface area (Å²) in [5.41, 5.74) is 0. The topological polar surface area (TPSA) is 40.5 Å². The van der Waals surface area contributed by atoms with Gasteiger partial charge in [-0.2, -0.15) is 9.90 Å². The van der Waals surface area contributed by atoms with Crippen molar-refractivity contribution in [2.24, 2.45) is 0 Å². The number of rotatable bonds is 0. The first-order valence-electron chi connectivity index (χ1n) is 2.05. The van der Waals surface area contributed by atoms with Crippen molar-refractivity contribution in [1.29, 1.82) is 0 Å². The molecule has 0 aliphatic carbocycles. The molecule has 0 radical (unpaired) electrons. The molecular weight excluding hydrogens is 111 g/mol. The molecule has 0 bridgehead atoms. The smallest absolute Gasteiger partial charge is 0.0402 e. The number of hydrogen-bond donors (Lipinski definition) is 2. The van der Waals surface area contributed by atoms with Crippen molar-refractivity contribution in [2.45, 2.75) is 13.8 Å². The predicted molar refractivity (Wildman–Crippen MR) is 36.6 cm³/mol. The van der Waals surface area contributed by atoms with Crippen LogP contribution >= 0.6 is 9.90 Å². The molecule has 0 aliphatic heterocycles. The molecule has 2 nitrogen and oxygen atoms in total. The summed E-state index contributed by atoms with van der Waals surface area (Å²) in [6, 6.07) is 0. The maximum atomic E-state index is 7.57. The van der Waals surface area contributed by atoms with Gasteiger partial charge in [-0.15, -0.1) is 0 Å². The van der Waals surface area contributed by atoms with Gasteiger partial charge in [-0.05, 0) is 13.8 Å². The van der Waals surface area contributed by atoms with E-state index in [-0.39, 0.29) is 23.1 Å². The molecule has 0 saturated heterocycles. The Labute approximate surface area is 48.2 Å². The van der Waals surface area contributed by atoms with Crippen LogP contribution < -0.4 is 0 Å². The first-order valence-corrected chi connectivity index (χ1v) is 2.05. The van der Waals surface area contributed by atoms with Crippen LogP contribution in [0.15, 0.2) is 0 Å². The molecule has 7 heavy (non-hydrogen) atoms. The molecule has 0 heterocycles. The highest BCUT2D eigenvalue weighted by Crippen LogP contribution is 1.30. The maximum absolute atomic E-state index is 7.57. The summed E-state index contributed by atoms with van der Waals surface area (Å²) in [7, 11) is 0. The summed E-state index contributed by atoms with van der Waals surface area (Å²) >= 11 is 0. The molecule has 2 N–H and O–H groups in total. The Balaban J connectivity index is -0.0000000400. The highest BCUT2D eigenvalue weighted by atomic mass is 31.0. The average Bonchev–Trinajstić information content (AvgIpc) is 1.39. The fourth-order valence-corrected chi connectivity index (χ4v) is 0.